The van der Waals surface area contributed by atoms with E-state index in [1.54, 1.807) is 6.20 Å². The van der Waals surface area contributed by atoms with Crippen molar-refractivity contribution in [1.29, 1.82) is 0 Å². The van der Waals surface area contributed by atoms with Crippen molar-refractivity contribution < 1.29 is 9.53 Å². The summed E-state index contributed by atoms with van der Waals surface area (Å²) in [6.45, 7) is 16.2. The predicted molar refractivity (Wildman–Crippen MR) is 158 cm³/mol. The van der Waals surface area contributed by atoms with Gasteiger partial charge in [-0.25, -0.2) is 0 Å². The molecule has 2 aliphatic rings. The zero-order valence-electron chi connectivity index (χ0n) is 23.7. The second-order valence-corrected chi connectivity index (χ2v) is 17.6. The van der Waals surface area contributed by atoms with Crippen molar-refractivity contribution in [1.82, 2.24) is 29.2 Å². The third-order valence-electron chi connectivity index (χ3n) is 7.45. The van der Waals surface area contributed by atoms with Crippen LogP contribution in [0.1, 0.15) is 44.1 Å². The fourth-order valence-electron chi connectivity index (χ4n) is 5.07. The normalized spacial score (nSPS) is 17.9. The van der Waals surface area contributed by atoms with Gasteiger partial charge in [-0.3, -0.25) is 9.48 Å². The molecule has 39 heavy (non-hydrogen) atoms. The second kappa shape index (κ2) is 11.5. The molecule has 3 aromatic rings. The summed E-state index contributed by atoms with van der Waals surface area (Å²) in [5.74, 6) is 1.82. The minimum Gasteiger partial charge on any atom is -0.365 e. The van der Waals surface area contributed by atoms with Crippen molar-refractivity contribution in [2.24, 2.45) is 0 Å². The molecule has 2 N–H and O–H groups in total. The third kappa shape index (κ3) is 6.70. The first kappa shape index (κ1) is 27.4. The van der Waals surface area contributed by atoms with Gasteiger partial charge in [-0.05, 0) is 56.2 Å². The number of carbonyl (C=O) groups is 1. The molecular formula is C28H42N8O2Si. The van der Waals surface area contributed by atoms with Crippen LogP contribution >= 0.6 is 0 Å². The molecular weight excluding hydrogens is 508 g/mol. The van der Waals surface area contributed by atoms with Gasteiger partial charge < -0.3 is 24.8 Å². The zero-order chi connectivity index (χ0) is 27.6. The molecule has 4 heterocycles. The Morgan fingerprint density at radius 1 is 1.23 bits per heavy atom. The molecule has 0 radical (unpaired) electrons. The average molecular weight is 551 g/mol. The van der Waals surface area contributed by atoms with Crippen LogP contribution in [-0.2, 0) is 22.8 Å². The molecule has 1 atom stereocenters. The largest absolute Gasteiger partial charge is 0.365 e. The topological polar surface area (TPSA) is 102 Å². The van der Waals surface area contributed by atoms with E-state index in [9.17, 15) is 4.79 Å². The van der Waals surface area contributed by atoms with Gasteiger partial charge in [-0.2, -0.15) is 15.1 Å². The average Bonchev–Trinajstić information content (AvgIpc) is 3.55. The maximum atomic E-state index is 12.3. The molecule has 0 aromatic carbocycles. The van der Waals surface area contributed by atoms with Crippen molar-refractivity contribution in [3.63, 3.8) is 0 Å². The van der Waals surface area contributed by atoms with Crippen LogP contribution < -0.4 is 10.6 Å². The van der Waals surface area contributed by atoms with E-state index in [-0.39, 0.29) is 11.9 Å². The van der Waals surface area contributed by atoms with Gasteiger partial charge in [0.25, 0.3) is 0 Å². The zero-order valence-corrected chi connectivity index (χ0v) is 24.7. The van der Waals surface area contributed by atoms with Crippen molar-refractivity contribution in [3.05, 3.63) is 36.8 Å². The molecule has 0 spiro atoms. The Labute approximate surface area is 231 Å². The number of piperidine rings is 1. The number of anilines is 3. The summed E-state index contributed by atoms with van der Waals surface area (Å²) in [5.41, 5.74) is 2.98. The van der Waals surface area contributed by atoms with Crippen LogP contribution in [0.2, 0.25) is 25.7 Å². The number of amides is 1. The summed E-state index contributed by atoms with van der Waals surface area (Å²) in [5, 5.41) is 12.5. The lowest BCUT2D eigenvalue weighted by atomic mass is 10.0. The van der Waals surface area contributed by atoms with Gasteiger partial charge in [0.2, 0.25) is 11.9 Å². The van der Waals surface area contributed by atoms with Gasteiger partial charge in [0.1, 0.15) is 18.2 Å². The first-order chi connectivity index (χ1) is 18.7. The van der Waals surface area contributed by atoms with Crippen molar-refractivity contribution >= 4 is 42.5 Å². The van der Waals surface area contributed by atoms with Gasteiger partial charge >= 0.3 is 0 Å². The monoisotopic (exact) mass is 550 g/mol. The first-order valence-electron chi connectivity index (χ1n) is 14.2. The van der Waals surface area contributed by atoms with E-state index in [4.69, 9.17) is 14.7 Å². The fourth-order valence-corrected chi connectivity index (χ4v) is 5.82. The molecule has 2 fully saturated rings. The number of hydrogen-bond acceptors (Lipinski definition) is 7. The molecule has 1 saturated carbocycles. The van der Waals surface area contributed by atoms with E-state index < -0.39 is 8.07 Å². The van der Waals surface area contributed by atoms with Crippen molar-refractivity contribution in [3.8, 4) is 0 Å². The number of hydrogen-bond donors (Lipinski definition) is 2. The summed E-state index contributed by atoms with van der Waals surface area (Å²) < 4.78 is 10.2. The number of aryl methyl sites for hydroxylation is 1. The Balaban J connectivity index is 1.49. The van der Waals surface area contributed by atoms with Crippen molar-refractivity contribution in [2.45, 2.75) is 83.5 Å². The van der Waals surface area contributed by atoms with Gasteiger partial charge in [0.05, 0.1) is 17.3 Å². The third-order valence-corrected chi connectivity index (χ3v) is 9.16. The Kier molecular flexibility index (Phi) is 8.08. The summed E-state index contributed by atoms with van der Waals surface area (Å²) >= 11 is 0. The predicted octanol–water partition coefficient (Wildman–Crippen LogP) is 5.17. The van der Waals surface area contributed by atoms with E-state index in [0.717, 1.165) is 61.1 Å². The Hall–Kier alpha value is -3.18. The van der Waals surface area contributed by atoms with Gasteiger partial charge in [-0.1, -0.05) is 26.2 Å². The number of fused-ring (bicyclic) bond motifs is 1. The lowest BCUT2D eigenvalue weighted by Crippen LogP contribution is -2.44. The number of aromatic nitrogens is 5. The maximum Gasteiger partial charge on any atom is 0.246 e. The van der Waals surface area contributed by atoms with Crippen LogP contribution in [0.15, 0.2) is 31.2 Å². The quantitative estimate of drug-likeness (QED) is 0.182. The van der Waals surface area contributed by atoms with Crippen LogP contribution in [0.4, 0.5) is 17.5 Å². The molecule has 1 aliphatic carbocycles. The molecule has 3 aromatic heterocycles. The van der Waals surface area contributed by atoms with Gasteiger partial charge in [0.15, 0.2) is 0 Å². The number of rotatable bonds is 12. The minimum atomic E-state index is -1.18. The lowest BCUT2D eigenvalue weighted by Gasteiger charge is -2.33. The fraction of sp³-hybridized carbons (Fsp3) is 0.571. The molecule has 0 bridgehead atoms. The maximum absolute atomic E-state index is 12.3. The molecule has 1 aliphatic heterocycles. The van der Waals surface area contributed by atoms with E-state index in [0.29, 0.717) is 25.1 Å². The van der Waals surface area contributed by atoms with E-state index >= 15 is 0 Å². The van der Waals surface area contributed by atoms with Gasteiger partial charge in [0, 0.05) is 52.8 Å². The SMILES string of the molecule is C=CC(=O)N1CCCC(Nc2nc(Nc3cnn(CC)c3)nc3c2c(C2CC2)cn3COCC[Si](C)(C)C)C1. The molecule has 1 unspecified atom stereocenters. The number of nitrogens with zero attached hydrogens (tertiary/aromatic N) is 6. The van der Waals surface area contributed by atoms with Crippen LogP contribution in [0, 0.1) is 0 Å². The standard InChI is InChI=1S/C28H42N8O2Si/c1-6-24(37)34-12-8-9-21(16-34)30-26-25-23(20-10-11-20)18-35(19-38-13-14-39(3,4)5)27(25)33-28(32-26)31-22-15-29-36(7-2)17-22/h6,15,17-18,20-21H,1,7-14,16,19H2,2-5H3,(H2,30,31,32,33). The van der Waals surface area contributed by atoms with Crippen LogP contribution in [0.5, 0.6) is 0 Å². The minimum absolute atomic E-state index is 0.0232. The van der Waals surface area contributed by atoms with E-state index in [2.05, 4.69) is 59.6 Å². The second-order valence-electron chi connectivity index (χ2n) is 12.0. The number of nitrogens with one attached hydrogen (secondary N) is 2. The van der Waals surface area contributed by atoms with Crippen LogP contribution in [0.25, 0.3) is 11.0 Å². The molecule has 5 rings (SSSR count). The number of likely N-dealkylation sites (tertiary alicyclic amines) is 1. The van der Waals surface area contributed by atoms with Crippen LogP contribution in [0.3, 0.4) is 0 Å². The molecule has 1 saturated heterocycles. The number of carbonyl (C=O) groups excluding carboxylic acids is 1. The van der Waals surface area contributed by atoms with Gasteiger partial charge in [-0.15, -0.1) is 0 Å². The molecule has 1 amide bonds. The first-order valence-corrected chi connectivity index (χ1v) is 17.9. The summed E-state index contributed by atoms with van der Waals surface area (Å²) in [4.78, 5) is 24.2. The summed E-state index contributed by atoms with van der Waals surface area (Å²) in [6.07, 6.45) is 11.6. The Morgan fingerprint density at radius 2 is 2.05 bits per heavy atom. The summed E-state index contributed by atoms with van der Waals surface area (Å²) in [7, 11) is -1.18. The van der Waals surface area contributed by atoms with E-state index in [1.807, 2.05) is 15.8 Å². The highest BCUT2D eigenvalue weighted by Crippen LogP contribution is 2.45. The highest BCUT2D eigenvalue weighted by atomic mass is 28.3. The van der Waals surface area contributed by atoms with Crippen molar-refractivity contribution in [2.75, 3.05) is 30.3 Å². The number of ether oxygens (including phenoxy) is 1. The highest BCUT2D eigenvalue weighted by molar-refractivity contribution is 6.76. The smallest absolute Gasteiger partial charge is 0.246 e. The molecule has 11 heteroatoms. The lowest BCUT2D eigenvalue weighted by molar-refractivity contribution is -0.127. The molecule has 210 valence electrons. The Morgan fingerprint density at radius 3 is 2.74 bits per heavy atom. The van der Waals surface area contributed by atoms with E-state index in [1.165, 1.54) is 24.5 Å². The highest BCUT2D eigenvalue weighted by Gasteiger charge is 2.31. The van der Waals surface area contributed by atoms with Crippen LogP contribution in [-0.4, -0.2) is 68.9 Å². The molecule has 10 nitrogen and oxygen atoms in total. The Bertz CT molecular complexity index is 1320. The summed E-state index contributed by atoms with van der Waals surface area (Å²) in [6, 6.07) is 1.22.